The number of aromatic nitrogens is 1. The Morgan fingerprint density at radius 3 is 2.57 bits per heavy atom. The number of nitrogens with zero attached hydrogens (tertiary/aromatic N) is 1. The van der Waals surface area contributed by atoms with E-state index in [2.05, 4.69) is 15.0 Å². The van der Waals surface area contributed by atoms with Crippen molar-refractivity contribution in [2.45, 2.75) is 31.2 Å². The van der Waals surface area contributed by atoms with Gasteiger partial charge in [-0.2, -0.15) is 0 Å². The van der Waals surface area contributed by atoms with Gasteiger partial charge < -0.3 is 5.32 Å². The first-order valence-corrected chi connectivity index (χ1v) is 9.60. The van der Waals surface area contributed by atoms with E-state index in [0.29, 0.717) is 18.5 Å². The lowest BCUT2D eigenvalue weighted by Crippen LogP contribution is -2.27. The molecular weight excluding hydrogens is 334 g/mol. The Bertz CT molecular complexity index is 741. The van der Waals surface area contributed by atoms with Crippen molar-refractivity contribution >= 4 is 27.3 Å². The second kappa shape index (κ2) is 7.67. The lowest BCUT2D eigenvalue weighted by atomic mass is 10.2. The van der Waals surface area contributed by atoms with Crippen LogP contribution in [0.1, 0.15) is 41.7 Å². The van der Waals surface area contributed by atoms with E-state index in [1.807, 2.05) is 19.2 Å². The Labute approximate surface area is 140 Å². The van der Waals surface area contributed by atoms with Crippen LogP contribution in [0.2, 0.25) is 0 Å². The van der Waals surface area contributed by atoms with E-state index in [1.54, 1.807) is 6.20 Å². The molecule has 0 aliphatic rings. The molecule has 1 heterocycles. The van der Waals surface area contributed by atoms with Gasteiger partial charge >= 0.3 is 0 Å². The van der Waals surface area contributed by atoms with Gasteiger partial charge in [-0.25, -0.2) is 18.1 Å². The van der Waals surface area contributed by atoms with Crippen molar-refractivity contribution in [3.63, 3.8) is 0 Å². The fourth-order valence-corrected chi connectivity index (χ4v) is 3.68. The number of rotatable bonds is 7. The predicted octanol–water partition coefficient (Wildman–Crippen LogP) is 2.32. The van der Waals surface area contributed by atoms with Gasteiger partial charge in [0.25, 0.3) is 5.91 Å². The molecule has 1 aromatic heterocycles. The molecule has 2 rings (SSSR count). The molecule has 8 heteroatoms. The van der Waals surface area contributed by atoms with Gasteiger partial charge in [0.1, 0.15) is 5.01 Å². The molecule has 1 atom stereocenters. The molecule has 0 fully saturated rings. The lowest BCUT2D eigenvalue weighted by Gasteiger charge is -2.11. The van der Waals surface area contributed by atoms with E-state index in [0.717, 1.165) is 5.01 Å². The van der Waals surface area contributed by atoms with Crippen molar-refractivity contribution in [2.75, 3.05) is 6.54 Å². The van der Waals surface area contributed by atoms with Crippen LogP contribution in [0.4, 0.5) is 0 Å². The van der Waals surface area contributed by atoms with E-state index in [4.69, 9.17) is 0 Å². The number of nitrogens with one attached hydrogen (secondary N) is 2. The Kier molecular flexibility index (Phi) is 5.86. The summed E-state index contributed by atoms with van der Waals surface area (Å²) in [5.74, 6) is -0.266. The molecule has 0 saturated carbocycles. The second-order valence-electron chi connectivity index (χ2n) is 4.99. The van der Waals surface area contributed by atoms with Gasteiger partial charge in [0.15, 0.2) is 0 Å². The van der Waals surface area contributed by atoms with E-state index in [9.17, 15) is 13.2 Å². The average Bonchev–Trinajstić information content (AvgIpc) is 3.07. The first kappa shape index (κ1) is 17.6. The Balaban J connectivity index is 2.05. The molecule has 0 aliphatic carbocycles. The molecule has 1 amide bonds. The van der Waals surface area contributed by atoms with Gasteiger partial charge in [-0.05, 0) is 37.6 Å². The highest BCUT2D eigenvalue weighted by atomic mass is 32.2. The summed E-state index contributed by atoms with van der Waals surface area (Å²) in [7, 11) is -3.51. The number of amides is 1. The molecular formula is C15H19N3O3S2. The minimum Gasteiger partial charge on any atom is -0.343 e. The number of thiazole rings is 1. The normalized spacial score (nSPS) is 12.8. The van der Waals surface area contributed by atoms with Crippen molar-refractivity contribution in [2.24, 2.45) is 0 Å². The summed E-state index contributed by atoms with van der Waals surface area (Å²) in [4.78, 5) is 16.5. The summed E-state index contributed by atoms with van der Waals surface area (Å²) in [5.41, 5.74) is 0.405. The van der Waals surface area contributed by atoms with Gasteiger partial charge in [-0.3, -0.25) is 4.79 Å². The van der Waals surface area contributed by atoms with Crippen LogP contribution in [0.25, 0.3) is 0 Å². The molecule has 6 nitrogen and oxygen atoms in total. The van der Waals surface area contributed by atoms with E-state index in [1.165, 1.54) is 35.6 Å². The zero-order chi connectivity index (χ0) is 16.9. The van der Waals surface area contributed by atoms with Crippen LogP contribution < -0.4 is 10.0 Å². The van der Waals surface area contributed by atoms with Crippen molar-refractivity contribution in [3.05, 3.63) is 46.4 Å². The van der Waals surface area contributed by atoms with Gasteiger partial charge in [0.2, 0.25) is 10.0 Å². The topological polar surface area (TPSA) is 88.2 Å². The van der Waals surface area contributed by atoms with Crippen LogP contribution in [-0.4, -0.2) is 25.9 Å². The summed E-state index contributed by atoms with van der Waals surface area (Å²) in [6, 6.07) is 5.67. The smallest absolute Gasteiger partial charge is 0.251 e. The molecule has 0 bridgehead atoms. The van der Waals surface area contributed by atoms with Crippen LogP contribution in [0.15, 0.2) is 40.7 Å². The van der Waals surface area contributed by atoms with Crippen LogP contribution in [0.5, 0.6) is 0 Å². The molecule has 0 radical (unpaired) electrons. The van der Waals surface area contributed by atoms with Crippen LogP contribution in [0, 0.1) is 0 Å². The minimum absolute atomic E-state index is 0.149. The number of hydrogen-bond acceptors (Lipinski definition) is 5. The zero-order valence-electron chi connectivity index (χ0n) is 12.9. The lowest BCUT2D eigenvalue weighted by molar-refractivity contribution is 0.0939. The maximum absolute atomic E-state index is 12.2. The molecule has 2 aromatic rings. The van der Waals surface area contributed by atoms with Crippen molar-refractivity contribution in [3.8, 4) is 0 Å². The standard InChI is InChI=1S/C15H19N3O3S2/c1-3-8-17-23(20,21)13-6-4-12(5-7-13)14(19)18-11(2)15-16-9-10-22-15/h4-7,9-11,17H,3,8H2,1-2H3,(H,18,19). The van der Waals surface area contributed by atoms with Crippen molar-refractivity contribution < 1.29 is 13.2 Å². The number of hydrogen-bond donors (Lipinski definition) is 2. The number of carbonyl (C=O) groups is 1. The largest absolute Gasteiger partial charge is 0.343 e. The first-order valence-electron chi connectivity index (χ1n) is 7.24. The Morgan fingerprint density at radius 2 is 2.00 bits per heavy atom. The van der Waals surface area contributed by atoms with Gasteiger partial charge in [-0.1, -0.05) is 6.92 Å². The highest BCUT2D eigenvalue weighted by Gasteiger charge is 2.16. The molecule has 1 unspecified atom stereocenters. The molecule has 1 aromatic carbocycles. The quantitative estimate of drug-likeness (QED) is 0.799. The number of carbonyl (C=O) groups excluding carboxylic acids is 1. The van der Waals surface area contributed by atoms with Crippen LogP contribution in [0.3, 0.4) is 0 Å². The SMILES string of the molecule is CCCNS(=O)(=O)c1ccc(C(=O)NC(C)c2nccs2)cc1. The third-order valence-corrected chi connectivity index (χ3v) is 5.57. The number of benzene rings is 1. The average molecular weight is 353 g/mol. The minimum atomic E-state index is -3.51. The monoisotopic (exact) mass is 353 g/mol. The molecule has 0 saturated heterocycles. The summed E-state index contributed by atoms with van der Waals surface area (Å²) >= 11 is 1.47. The third-order valence-electron chi connectivity index (χ3n) is 3.14. The molecule has 2 N–H and O–H groups in total. The van der Waals surface area contributed by atoms with Crippen molar-refractivity contribution in [1.29, 1.82) is 0 Å². The second-order valence-corrected chi connectivity index (χ2v) is 7.68. The Morgan fingerprint density at radius 1 is 1.30 bits per heavy atom. The van der Waals surface area contributed by atoms with Gasteiger partial charge in [0.05, 0.1) is 10.9 Å². The summed E-state index contributed by atoms with van der Waals surface area (Å²) in [5, 5.41) is 5.50. The van der Waals surface area contributed by atoms with E-state index in [-0.39, 0.29) is 16.8 Å². The summed E-state index contributed by atoms with van der Waals surface area (Å²) in [6.45, 7) is 4.12. The fourth-order valence-electron chi connectivity index (χ4n) is 1.90. The highest BCUT2D eigenvalue weighted by molar-refractivity contribution is 7.89. The zero-order valence-corrected chi connectivity index (χ0v) is 14.6. The summed E-state index contributed by atoms with van der Waals surface area (Å²) < 4.78 is 26.5. The maximum Gasteiger partial charge on any atom is 0.251 e. The third kappa shape index (κ3) is 4.60. The van der Waals surface area contributed by atoms with Crippen LogP contribution >= 0.6 is 11.3 Å². The maximum atomic E-state index is 12.2. The molecule has 0 aliphatic heterocycles. The fraction of sp³-hybridized carbons (Fsp3) is 0.333. The van der Waals surface area contributed by atoms with E-state index >= 15 is 0 Å². The first-order chi connectivity index (χ1) is 10.9. The van der Waals surface area contributed by atoms with Crippen molar-refractivity contribution in [1.82, 2.24) is 15.0 Å². The van der Waals surface area contributed by atoms with Crippen LogP contribution in [-0.2, 0) is 10.0 Å². The number of sulfonamides is 1. The molecule has 23 heavy (non-hydrogen) atoms. The van der Waals surface area contributed by atoms with E-state index < -0.39 is 10.0 Å². The Hall–Kier alpha value is -1.77. The predicted molar refractivity (Wildman–Crippen MR) is 89.9 cm³/mol. The van der Waals surface area contributed by atoms with Gasteiger partial charge in [-0.15, -0.1) is 11.3 Å². The molecule has 0 spiro atoms. The van der Waals surface area contributed by atoms with Gasteiger partial charge in [0, 0.05) is 23.7 Å². The highest BCUT2D eigenvalue weighted by Crippen LogP contribution is 2.16. The summed E-state index contributed by atoms with van der Waals surface area (Å²) in [6.07, 6.45) is 2.40. The molecule has 124 valence electrons.